The van der Waals surface area contributed by atoms with Crippen LogP contribution >= 0.6 is 7.37 Å². The normalized spacial score (nSPS) is 18.1. The number of esters is 2. The van der Waals surface area contributed by atoms with Gasteiger partial charge in [-0.1, -0.05) is 0 Å². The monoisotopic (exact) mass is 343 g/mol. The van der Waals surface area contributed by atoms with Crippen LogP contribution in [0.15, 0.2) is 0 Å². The Morgan fingerprint density at radius 3 is 2.45 bits per heavy atom. The molecule has 0 aromatic carbocycles. The summed E-state index contributed by atoms with van der Waals surface area (Å²) in [6, 6.07) is 0. The quantitative estimate of drug-likeness (QED) is 0.268. The van der Waals surface area contributed by atoms with Gasteiger partial charge < -0.3 is 23.8 Å². The molecular formula is C12H19NNaO7P. The number of nitrogens with zero attached hydrogens (tertiary/aromatic N) is 1. The SMILES string of the molecule is COC(=O)CC(CP(=O)([O-])CN1CCCC1=O)C(=O)OC.[Na+]. The molecule has 0 aromatic rings. The van der Waals surface area contributed by atoms with Crippen molar-refractivity contribution < 1.29 is 62.9 Å². The van der Waals surface area contributed by atoms with E-state index in [0.717, 1.165) is 14.2 Å². The number of methoxy groups -OCH3 is 2. The fraction of sp³-hybridized carbons (Fsp3) is 0.750. The molecule has 1 fully saturated rings. The number of hydrogen-bond acceptors (Lipinski definition) is 7. The molecule has 1 amide bonds. The Labute approximate surface area is 151 Å². The molecule has 1 aliphatic heterocycles. The maximum Gasteiger partial charge on any atom is 1.00 e. The van der Waals surface area contributed by atoms with Crippen LogP contribution in [0.2, 0.25) is 0 Å². The van der Waals surface area contributed by atoms with Crippen molar-refractivity contribution >= 4 is 25.2 Å². The number of hydrogen-bond donors (Lipinski definition) is 0. The summed E-state index contributed by atoms with van der Waals surface area (Å²) in [7, 11) is -1.76. The van der Waals surface area contributed by atoms with E-state index in [-0.39, 0.29) is 41.9 Å². The molecule has 2 atom stereocenters. The number of carbonyl (C=O) groups is 3. The van der Waals surface area contributed by atoms with E-state index < -0.39 is 37.7 Å². The zero-order valence-electron chi connectivity index (χ0n) is 13.1. The molecule has 10 heteroatoms. The number of amides is 1. The van der Waals surface area contributed by atoms with Crippen LogP contribution in [0, 0.1) is 5.92 Å². The van der Waals surface area contributed by atoms with Gasteiger partial charge in [0.1, 0.15) is 0 Å². The Morgan fingerprint density at radius 2 is 2.00 bits per heavy atom. The van der Waals surface area contributed by atoms with Crippen molar-refractivity contribution in [3.63, 3.8) is 0 Å². The first-order chi connectivity index (χ1) is 9.79. The fourth-order valence-electron chi connectivity index (χ4n) is 2.18. The van der Waals surface area contributed by atoms with E-state index in [4.69, 9.17) is 0 Å². The van der Waals surface area contributed by atoms with Gasteiger partial charge in [-0.25, -0.2) is 0 Å². The Hall–Kier alpha value is -0.400. The standard InChI is InChI=1S/C12H20NO7P.Na/c1-19-11(15)6-9(12(16)20-2)7-21(17,18)8-13-5-3-4-10(13)14;/h9H,3-8H2,1-2H3,(H,17,18);/q;+1/p-1. The summed E-state index contributed by atoms with van der Waals surface area (Å²) in [6.45, 7) is 0.394. The Bertz CT molecular complexity index is 470. The maximum absolute atomic E-state index is 12.1. The predicted octanol–water partition coefficient (Wildman–Crippen LogP) is -3.44. The van der Waals surface area contributed by atoms with Crippen molar-refractivity contribution in [2.75, 3.05) is 33.2 Å². The van der Waals surface area contributed by atoms with Crippen LogP contribution in [0.4, 0.5) is 0 Å². The summed E-state index contributed by atoms with van der Waals surface area (Å²) in [6.07, 6.45) is -0.355. The van der Waals surface area contributed by atoms with E-state index in [1.807, 2.05) is 0 Å². The van der Waals surface area contributed by atoms with Crippen LogP contribution in [0.25, 0.3) is 0 Å². The molecule has 1 heterocycles. The maximum atomic E-state index is 12.1. The molecular weight excluding hydrogens is 324 g/mol. The van der Waals surface area contributed by atoms with Crippen molar-refractivity contribution in [2.45, 2.75) is 19.3 Å². The second-order valence-electron chi connectivity index (χ2n) is 4.90. The van der Waals surface area contributed by atoms with Crippen molar-refractivity contribution in [1.29, 1.82) is 0 Å². The van der Waals surface area contributed by atoms with Crippen molar-refractivity contribution in [3.05, 3.63) is 0 Å². The van der Waals surface area contributed by atoms with Crippen LogP contribution in [0.3, 0.4) is 0 Å². The minimum absolute atomic E-state index is 0. The van der Waals surface area contributed by atoms with Crippen LogP contribution < -0.4 is 34.5 Å². The Kier molecular flexibility index (Phi) is 9.50. The molecule has 1 aliphatic rings. The molecule has 22 heavy (non-hydrogen) atoms. The molecule has 0 bridgehead atoms. The molecule has 0 aromatic heterocycles. The van der Waals surface area contributed by atoms with Crippen LogP contribution in [-0.4, -0.2) is 56.0 Å². The van der Waals surface area contributed by atoms with Crippen molar-refractivity contribution in [2.24, 2.45) is 5.92 Å². The number of likely N-dealkylation sites (tertiary alicyclic amines) is 1. The van der Waals surface area contributed by atoms with Gasteiger partial charge in [-0.05, 0) is 6.42 Å². The average Bonchev–Trinajstić information content (AvgIpc) is 2.81. The first-order valence-corrected chi connectivity index (χ1v) is 8.50. The average molecular weight is 343 g/mol. The van der Waals surface area contributed by atoms with Gasteiger partial charge in [0.25, 0.3) is 0 Å². The second kappa shape index (κ2) is 9.67. The van der Waals surface area contributed by atoms with Gasteiger partial charge in [0.05, 0.1) is 32.8 Å². The first kappa shape index (κ1) is 21.6. The van der Waals surface area contributed by atoms with Crippen LogP contribution in [0.5, 0.6) is 0 Å². The summed E-state index contributed by atoms with van der Waals surface area (Å²) in [5.74, 6) is -2.82. The van der Waals surface area contributed by atoms with E-state index in [2.05, 4.69) is 9.47 Å². The second-order valence-corrected chi connectivity index (χ2v) is 7.18. The molecule has 0 aliphatic carbocycles. The molecule has 2 unspecified atom stereocenters. The Balaban J connectivity index is 0.00000441. The van der Waals surface area contributed by atoms with Gasteiger partial charge in [0, 0.05) is 26.5 Å². The summed E-state index contributed by atoms with van der Waals surface area (Å²) >= 11 is 0. The van der Waals surface area contributed by atoms with Gasteiger partial charge in [0.2, 0.25) is 5.91 Å². The molecule has 8 nitrogen and oxygen atoms in total. The summed E-state index contributed by atoms with van der Waals surface area (Å²) < 4.78 is 21.1. The molecule has 1 rings (SSSR count). The smallest absolute Gasteiger partial charge is 0.798 e. The molecule has 0 N–H and O–H groups in total. The summed E-state index contributed by atoms with van der Waals surface area (Å²) in [5, 5.41) is 0. The Morgan fingerprint density at radius 1 is 1.36 bits per heavy atom. The van der Waals surface area contributed by atoms with E-state index in [0.29, 0.717) is 19.4 Å². The molecule has 0 saturated carbocycles. The zero-order chi connectivity index (χ0) is 16.0. The minimum Gasteiger partial charge on any atom is -0.798 e. The number of rotatable bonds is 7. The molecule has 120 valence electrons. The third-order valence-corrected chi connectivity index (χ3v) is 5.00. The molecule has 1 saturated heterocycles. The van der Waals surface area contributed by atoms with Gasteiger partial charge in [0.15, 0.2) is 0 Å². The predicted molar refractivity (Wildman–Crippen MR) is 70.4 cm³/mol. The van der Waals surface area contributed by atoms with E-state index in [1.165, 1.54) is 4.90 Å². The van der Waals surface area contributed by atoms with E-state index in [9.17, 15) is 23.8 Å². The van der Waals surface area contributed by atoms with Crippen LogP contribution in [-0.2, 0) is 28.4 Å². The number of carbonyl (C=O) groups excluding carboxylic acids is 3. The minimum atomic E-state index is -4.02. The molecule has 0 spiro atoms. The largest absolute Gasteiger partial charge is 1.00 e. The van der Waals surface area contributed by atoms with E-state index in [1.54, 1.807) is 0 Å². The fourth-order valence-corrected chi connectivity index (χ4v) is 4.07. The third-order valence-electron chi connectivity index (χ3n) is 3.23. The van der Waals surface area contributed by atoms with E-state index >= 15 is 0 Å². The van der Waals surface area contributed by atoms with Crippen molar-refractivity contribution in [3.8, 4) is 0 Å². The first-order valence-electron chi connectivity index (χ1n) is 6.50. The van der Waals surface area contributed by atoms with Gasteiger partial charge in [-0.15, -0.1) is 0 Å². The summed E-state index contributed by atoms with van der Waals surface area (Å²) in [5.41, 5.74) is 0. The summed E-state index contributed by atoms with van der Waals surface area (Å²) in [4.78, 5) is 47.6. The molecule has 0 radical (unpaired) electrons. The van der Waals surface area contributed by atoms with Gasteiger partial charge >= 0.3 is 41.5 Å². The third kappa shape index (κ3) is 6.79. The van der Waals surface area contributed by atoms with Gasteiger partial charge in [-0.2, -0.15) is 0 Å². The number of ether oxygens (including phenoxy) is 2. The van der Waals surface area contributed by atoms with Gasteiger partial charge in [-0.3, -0.25) is 14.4 Å². The topological polar surface area (TPSA) is 113 Å². The zero-order valence-corrected chi connectivity index (χ0v) is 16.0. The van der Waals surface area contributed by atoms with Crippen molar-refractivity contribution in [1.82, 2.24) is 4.90 Å². The van der Waals surface area contributed by atoms with Crippen LogP contribution in [0.1, 0.15) is 19.3 Å².